The lowest BCUT2D eigenvalue weighted by atomic mass is 10.3. The van der Waals surface area contributed by atoms with Crippen molar-refractivity contribution < 1.29 is 24.9 Å². The van der Waals surface area contributed by atoms with E-state index in [2.05, 4.69) is 5.32 Å². The van der Waals surface area contributed by atoms with Gasteiger partial charge in [0.1, 0.15) is 5.75 Å². The highest BCUT2D eigenvalue weighted by atomic mass is 16.4. The van der Waals surface area contributed by atoms with Crippen molar-refractivity contribution in [3.05, 3.63) is 24.3 Å². The molecule has 0 fully saturated rings. The van der Waals surface area contributed by atoms with Gasteiger partial charge in [-0.1, -0.05) is 6.07 Å². The first kappa shape index (κ1) is 13.8. The van der Waals surface area contributed by atoms with Gasteiger partial charge < -0.3 is 20.6 Å². The van der Waals surface area contributed by atoms with Gasteiger partial charge >= 0.3 is 12.0 Å². The number of carboxylic acid groups (broad SMARTS) is 1. The number of urea groups is 1. The van der Waals surface area contributed by atoms with E-state index >= 15 is 0 Å². The monoisotopic (exact) mass is 254 g/mol. The number of amides is 2. The topological polar surface area (TPSA) is 110 Å². The Morgan fingerprint density at radius 1 is 1.44 bits per heavy atom. The number of aliphatic hydroxyl groups is 1. The van der Waals surface area contributed by atoms with E-state index in [-0.39, 0.29) is 5.75 Å². The van der Waals surface area contributed by atoms with E-state index in [1.807, 2.05) is 0 Å². The minimum absolute atomic E-state index is 0.0101. The predicted octanol–water partition coefficient (Wildman–Crippen LogP) is -0.0165. The number of hydrogen-bond donors (Lipinski definition) is 4. The molecule has 1 atom stereocenters. The Labute approximate surface area is 103 Å². The maximum Gasteiger partial charge on any atom is 0.328 e. The molecule has 0 bridgehead atoms. The van der Waals surface area contributed by atoms with Crippen molar-refractivity contribution in [1.29, 1.82) is 0 Å². The molecule has 0 aliphatic carbocycles. The number of carboxylic acids is 1. The normalized spacial score (nSPS) is 11.7. The number of rotatable bonds is 4. The fraction of sp³-hybridized carbons (Fsp3) is 0.273. The first-order chi connectivity index (χ1) is 8.45. The smallest absolute Gasteiger partial charge is 0.328 e. The summed E-state index contributed by atoms with van der Waals surface area (Å²) in [6.07, 6.45) is 0. The van der Waals surface area contributed by atoms with Gasteiger partial charge in [-0.05, 0) is 12.1 Å². The van der Waals surface area contributed by atoms with E-state index in [1.165, 1.54) is 19.2 Å². The third-order valence-corrected chi connectivity index (χ3v) is 2.30. The van der Waals surface area contributed by atoms with Crippen LogP contribution in [0.5, 0.6) is 5.75 Å². The summed E-state index contributed by atoms with van der Waals surface area (Å²) >= 11 is 0. The molecule has 4 N–H and O–H groups in total. The summed E-state index contributed by atoms with van der Waals surface area (Å²) in [7, 11) is 1.42. The summed E-state index contributed by atoms with van der Waals surface area (Å²) in [5.74, 6) is -1.33. The minimum Gasteiger partial charge on any atom is -0.508 e. The number of anilines is 1. The van der Waals surface area contributed by atoms with Crippen LogP contribution >= 0.6 is 0 Å². The second kappa shape index (κ2) is 5.87. The maximum atomic E-state index is 11.7. The van der Waals surface area contributed by atoms with Gasteiger partial charge in [0.15, 0.2) is 6.04 Å². The van der Waals surface area contributed by atoms with Crippen LogP contribution in [0.3, 0.4) is 0 Å². The van der Waals surface area contributed by atoms with Crippen LogP contribution in [0.15, 0.2) is 24.3 Å². The number of hydrogen-bond acceptors (Lipinski definition) is 4. The summed E-state index contributed by atoms with van der Waals surface area (Å²) < 4.78 is 0. The largest absolute Gasteiger partial charge is 0.508 e. The second-order valence-electron chi connectivity index (χ2n) is 3.60. The predicted molar refractivity (Wildman–Crippen MR) is 63.6 cm³/mol. The lowest BCUT2D eigenvalue weighted by Crippen LogP contribution is -2.48. The molecule has 1 aromatic carbocycles. The van der Waals surface area contributed by atoms with E-state index in [9.17, 15) is 14.7 Å². The zero-order valence-corrected chi connectivity index (χ0v) is 9.70. The van der Waals surface area contributed by atoms with Crippen molar-refractivity contribution >= 4 is 17.7 Å². The fourth-order valence-corrected chi connectivity index (χ4v) is 1.25. The Hall–Kier alpha value is -2.28. The summed E-state index contributed by atoms with van der Waals surface area (Å²) in [5, 5.41) is 28.9. The van der Waals surface area contributed by atoms with Crippen LogP contribution in [0, 0.1) is 0 Å². The molecule has 1 aromatic rings. The van der Waals surface area contributed by atoms with Crippen molar-refractivity contribution in [2.24, 2.45) is 0 Å². The van der Waals surface area contributed by atoms with Crippen LogP contribution in [0.2, 0.25) is 0 Å². The van der Waals surface area contributed by atoms with E-state index in [0.717, 1.165) is 4.90 Å². The summed E-state index contributed by atoms with van der Waals surface area (Å²) in [4.78, 5) is 23.5. The number of benzene rings is 1. The number of carbonyl (C=O) groups excluding carboxylic acids is 1. The quantitative estimate of drug-likeness (QED) is 0.603. The van der Waals surface area contributed by atoms with Crippen LogP contribution in [0.1, 0.15) is 0 Å². The van der Waals surface area contributed by atoms with Gasteiger partial charge in [-0.3, -0.25) is 4.90 Å². The average molecular weight is 254 g/mol. The fourth-order valence-electron chi connectivity index (χ4n) is 1.25. The lowest BCUT2D eigenvalue weighted by Gasteiger charge is -2.20. The van der Waals surface area contributed by atoms with E-state index < -0.39 is 24.6 Å². The number of aliphatic hydroxyl groups excluding tert-OH is 1. The van der Waals surface area contributed by atoms with Crippen molar-refractivity contribution in [3.8, 4) is 5.75 Å². The first-order valence-corrected chi connectivity index (χ1v) is 5.12. The van der Waals surface area contributed by atoms with Crippen molar-refractivity contribution in [1.82, 2.24) is 5.32 Å². The minimum atomic E-state index is -1.36. The zero-order valence-electron chi connectivity index (χ0n) is 9.70. The molecule has 0 saturated heterocycles. The summed E-state index contributed by atoms with van der Waals surface area (Å²) in [5.41, 5.74) is 0.398. The Balaban J connectivity index is 2.75. The van der Waals surface area contributed by atoms with Crippen LogP contribution in [0.25, 0.3) is 0 Å². The first-order valence-electron chi connectivity index (χ1n) is 5.12. The van der Waals surface area contributed by atoms with E-state index in [1.54, 1.807) is 12.1 Å². The van der Waals surface area contributed by atoms with Gasteiger partial charge in [0.25, 0.3) is 0 Å². The summed E-state index contributed by atoms with van der Waals surface area (Å²) in [6, 6.07) is 3.87. The van der Waals surface area contributed by atoms with Gasteiger partial charge in [-0.2, -0.15) is 0 Å². The van der Waals surface area contributed by atoms with Crippen molar-refractivity contribution in [2.75, 3.05) is 18.6 Å². The Morgan fingerprint density at radius 2 is 2.11 bits per heavy atom. The number of aliphatic carboxylic acids is 1. The number of carbonyl (C=O) groups is 2. The molecule has 18 heavy (non-hydrogen) atoms. The van der Waals surface area contributed by atoms with Crippen LogP contribution in [0.4, 0.5) is 10.5 Å². The van der Waals surface area contributed by atoms with Crippen molar-refractivity contribution in [3.63, 3.8) is 0 Å². The number of aromatic hydroxyl groups is 1. The highest BCUT2D eigenvalue weighted by molar-refractivity contribution is 5.94. The van der Waals surface area contributed by atoms with E-state index in [0.29, 0.717) is 5.69 Å². The molecule has 0 saturated carbocycles. The number of nitrogens with zero attached hydrogens (tertiary/aromatic N) is 1. The van der Waals surface area contributed by atoms with Crippen LogP contribution < -0.4 is 10.2 Å². The highest BCUT2D eigenvalue weighted by Gasteiger charge is 2.21. The van der Waals surface area contributed by atoms with Gasteiger partial charge in [-0.15, -0.1) is 0 Å². The molecule has 0 radical (unpaired) electrons. The molecule has 7 nitrogen and oxygen atoms in total. The van der Waals surface area contributed by atoms with Crippen LogP contribution in [-0.2, 0) is 4.79 Å². The lowest BCUT2D eigenvalue weighted by molar-refractivity contribution is -0.140. The molecule has 2 amide bonds. The maximum absolute atomic E-state index is 11.7. The molecule has 7 heteroatoms. The number of nitrogens with one attached hydrogen (secondary N) is 1. The molecule has 0 unspecified atom stereocenters. The molecular weight excluding hydrogens is 240 g/mol. The third kappa shape index (κ3) is 3.36. The molecule has 0 spiro atoms. The van der Waals surface area contributed by atoms with Crippen molar-refractivity contribution in [2.45, 2.75) is 6.04 Å². The summed E-state index contributed by atoms with van der Waals surface area (Å²) in [6.45, 7) is -0.699. The van der Waals surface area contributed by atoms with Crippen LogP contribution in [-0.4, -0.2) is 47.0 Å². The molecular formula is C11H14N2O5. The molecule has 0 aliphatic heterocycles. The Morgan fingerprint density at radius 3 is 2.61 bits per heavy atom. The number of phenolic OH excluding ortho intramolecular Hbond substituents is 1. The molecule has 1 rings (SSSR count). The standard InChI is InChI=1S/C11H14N2O5/c1-13(7-3-2-4-8(15)5-7)11(18)12-9(6-14)10(16)17/h2-5,9,14-15H,6H2,1H3,(H,12,18)(H,16,17)/t9-/m1/s1. The average Bonchev–Trinajstić information content (AvgIpc) is 2.34. The van der Waals surface area contributed by atoms with Gasteiger partial charge in [0.2, 0.25) is 0 Å². The highest BCUT2D eigenvalue weighted by Crippen LogP contribution is 2.18. The second-order valence-corrected chi connectivity index (χ2v) is 3.60. The number of phenols is 1. The van der Waals surface area contributed by atoms with E-state index in [4.69, 9.17) is 10.2 Å². The third-order valence-electron chi connectivity index (χ3n) is 2.30. The zero-order chi connectivity index (χ0) is 13.7. The Kier molecular flexibility index (Phi) is 4.50. The Bertz CT molecular complexity index is 449. The van der Waals surface area contributed by atoms with Gasteiger partial charge in [0.05, 0.1) is 6.61 Å². The van der Waals surface area contributed by atoms with Gasteiger partial charge in [0, 0.05) is 18.8 Å². The molecule has 0 aliphatic rings. The SMILES string of the molecule is CN(C(=O)N[C@H](CO)C(=O)O)c1cccc(O)c1. The molecule has 0 heterocycles. The van der Waals surface area contributed by atoms with Gasteiger partial charge in [-0.25, -0.2) is 9.59 Å². The molecule has 0 aromatic heterocycles. The molecule has 98 valence electrons.